The Kier molecular flexibility index (Phi) is 3.91. The number of hydrogen-bond acceptors (Lipinski definition) is 3. The van der Waals surface area contributed by atoms with E-state index < -0.39 is 23.3 Å². The minimum absolute atomic E-state index is 0.00556. The lowest BCUT2D eigenvalue weighted by Crippen LogP contribution is -2.04. The van der Waals surface area contributed by atoms with E-state index in [2.05, 4.69) is 26.2 Å². The van der Waals surface area contributed by atoms with Gasteiger partial charge in [-0.1, -0.05) is 27.2 Å². The number of halogens is 3. The average molecular weight is 380 g/mol. The van der Waals surface area contributed by atoms with E-state index in [1.165, 1.54) is 4.68 Å². The zero-order valence-electron chi connectivity index (χ0n) is 11.4. The highest BCUT2D eigenvalue weighted by molar-refractivity contribution is 9.10. The van der Waals surface area contributed by atoms with Crippen molar-refractivity contribution in [2.75, 3.05) is 0 Å². The first-order chi connectivity index (χ1) is 11.0. The van der Waals surface area contributed by atoms with Crippen molar-refractivity contribution in [3.63, 3.8) is 0 Å². The van der Waals surface area contributed by atoms with Crippen molar-refractivity contribution in [2.24, 2.45) is 0 Å². The third kappa shape index (κ3) is 2.98. The molecule has 0 fully saturated rings. The molecule has 3 rings (SSSR count). The molecule has 0 bridgehead atoms. The maximum Gasteiger partial charge on any atom is 0.358 e. The Balaban J connectivity index is 2.29. The molecule has 0 unspecified atom stereocenters. The third-order valence-electron chi connectivity index (χ3n) is 3.06. The Labute approximate surface area is 137 Å². The molecule has 0 saturated carbocycles. The van der Waals surface area contributed by atoms with Crippen molar-refractivity contribution in [2.45, 2.75) is 0 Å². The predicted molar refractivity (Wildman–Crippen MR) is 81.4 cm³/mol. The van der Waals surface area contributed by atoms with Crippen LogP contribution in [-0.4, -0.2) is 26.1 Å². The van der Waals surface area contributed by atoms with Gasteiger partial charge in [0.2, 0.25) is 0 Å². The van der Waals surface area contributed by atoms with Crippen molar-refractivity contribution in [1.29, 1.82) is 0 Å². The number of carboxylic acids is 1. The second-order valence-corrected chi connectivity index (χ2v) is 5.56. The first kappa shape index (κ1) is 15.3. The fraction of sp³-hybridized carbons (Fsp3) is 0. The molecular formula is C15H8BrF2N3O2. The van der Waals surface area contributed by atoms with Gasteiger partial charge in [0.15, 0.2) is 5.69 Å². The largest absolute Gasteiger partial charge is 0.476 e. The highest BCUT2D eigenvalue weighted by Crippen LogP contribution is 2.27. The molecular weight excluding hydrogens is 372 g/mol. The zero-order valence-corrected chi connectivity index (χ0v) is 13.0. The van der Waals surface area contributed by atoms with Crippen LogP contribution in [0.2, 0.25) is 0 Å². The highest BCUT2D eigenvalue weighted by atomic mass is 79.9. The van der Waals surface area contributed by atoms with Gasteiger partial charge in [0.25, 0.3) is 0 Å². The Morgan fingerprint density at radius 1 is 1.13 bits per heavy atom. The molecule has 2 aromatic carbocycles. The van der Waals surface area contributed by atoms with Gasteiger partial charge in [-0.2, -0.15) is 0 Å². The summed E-state index contributed by atoms with van der Waals surface area (Å²) in [6.07, 6.45) is 0. The third-order valence-corrected chi connectivity index (χ3v) is 3.55. The van der Waals surface area contributed by atoms with E-state index in [1.54, 1.807) is 24.3 Å². The van der Waals surface area contributed by atoms with Crippen molar-refractivity contribution in [1.82, 2.24) is 15.0 Å². The van der Waals surface area contributed by atoms with Crippen LogP contribution in [0.15, 0.2) is 46.9 Å². The molecule has 0 amide bonds. The summed E-state index contributed by atoms with van der Waals surface area (Å²) in [6, 6.07) is 9.61. The van der Waals surface area contributed by atoms with E-state index in [9.17, 15) is 18.7 Å². The van der Waals surface area contributed by atoms with Gasteiger partial charge in [0.1, 0.15) is 17.3 Å². The highest BCUT2D eigenvalue weighted by Gasteiger charge is 2.22. The number of carboxylic acid groups (broad SMARTS) is 1. The molecule has 0 saturated heterocycles. The Bertz CT molecular complexity index is 891. The van der Waals surface area contributed by atoms with E-state index in [4.69, 9.17) is 0 Å². The lowest BCUT2D eigenvalue weighted by atomic mass is 10.1. The van der Waals surface area contributed by atoms with E-state index in [0.29, 0.717) is 11.8 Å². The van der Waals surface area contributed by atoms with Gasteiger partial charge in [-0.15, -0.1) is 5.10 Å². The summed E-state index contributed by atoms with van der Waals surface area (Å²) < 4.78 is 29.0. The number of aromatic nitrogens is 3. The molecule has 0 spiro atoms. The molecule has 8 heteroatoms. The number of rotatable bonds is 3. The van der Waals surface area contributed by atoms with E-state index in [-0.39, 0.29) is 11.3 Å². The summed E-state index contributed by atoms with van der Waals surface area (Å²) in [5, 5.41) is 16.7. The van der Waals surface area contributed by atoms with Crippen LogP contribution in [0.4, 0.5) is 8.78 Å². The van der Waals surface area contributed by atoms with Gasteiger partial charge in [0, 0.05) is 16.1 Å². The van der Waals surface area contributed by atoms with Crippen LogP contribution in [0.3, 0.4) is 0 Å². The number of nitrogens with zero attached hydrogens (tertiary/aromatic N) is 3. The van der Waals surface area contributed by atoms with E-state index in [0.717, 1.165) is 16.6 Å². The van der Waals surface area contributed by atoms with Crippen LogP contribution in [0.1, 0.15) is 10.5 Å². The fourth-order valence-electron chi connectivity index (χ4n) is 2.16. The van der Waals surface area contributed by atoms with Crippen LogP contribution >= 0.6 is 15.9 Å². The first-order valence-corrected chi connectivity index (χ1v) is 7.16. The smallest absolute Gasteiger partial charge is 0.358 e. The van der Waals surface area contributed by atoms with Gasteiger partial charge in [-0.3, -0.25) is 0 Å². The normalized spacial score (nSPS) is 10.7. The van der Waals surface area contributed by atoms with Crippen LogP contribution in [0, 0.1) is 11.6 Å². The minimum Gasteiger partial charge on any atom is -0.476 e. The van der Waals surface area contributed by atoms with Gasteiger partial charge in [-0.05, 0) is 30.3 Å². The molecule has 1 heterocycles. The first-order valence-electron chi connectivity index (χ1n) is 6.37. The second-order valence-electron chi connectivity index (χ2n) is 4.64. The molecule has 1 aromatic heterocycles. The lowest BCUT2D eigenvalue weighted by molar-refractivity contribution is 0.0691. The van der Waals surface area contributed by atoms with Crippen molar-refractivity contribution < 1.29 is 18.7 Å². The number of carbonyl (C=O) groups is 1. The molecule has 3 aromatic rings. The van der Waals surface area contributed by atoms with Crippen LogP contribution < -0.4 is 0 Å². The van der Waals surface area contributed by atoms with Crippen molar-refractivity contribution >= 4 is 21.9 Å². The van der Waals surface area contributed by atoms with Gasteiger partial charge >= 0.3 is 5.97 Å². The molecule has 1 N–H and O–H groups in total. The molecule has 0 aliphatic rings. The summed E-state index contributed by atoms with van der Waals surface area (Å²) in [6.45, 7) is 0. The van der Waals surface area contributed by atoms with Crippen LogP contribution in [0.25, 0.3) is 16.9 Å². The number of aromatic carboxylic acids is 1. The standard InChI is InChI=1S/C15H8BrF2N3O2/c16-9-2-1-3-12(6-9)21-14(13(15(22)23)19-20-21)8-4-10(17)7-11(18)5-8/h1-7H,(H,22,23). The van der Waals surface area contributed by atoms with Gasteiger partial charge in [0.05, 0.1) is 5.69 Å². The van der Waals surface area contributed by atoms with Crippen molar-refractivity contribution in [3.05, 3.63) is 64.3 Å². The predicted octanol–water partition coefficient (Wildman–Crippen LogP) is 3.67. The molecule has 0 radical (unpaired) electrons. The number of hydrogen-bond donors (Lipinski definition) is 1. The maximum atomic E-state index is 13.5. The molecule has 0 aliphatic carbocycles. The van der Waals surface area contributed by atoms with Gasteiger partial charge < -0.3 is 5.11 Å². The molecule has 5 nitrogen and oxygen atoms in total. The molecule has 0 aliphatic heterocycles. The quantitative estimate of drug-likeness (QED) is 0.753. The summed E-state index contributed by atoms with van der Waals surface area (Å²) in [5.74, 6) is -2.98. The van der Waals surface area contributed by atoms with Crippen LogP contribution in [0.5, 0.6) is 0 Å². The lowest BCUT2D eigenvalue weighted by Gasteiger charge is -2.08. The number of benzene rings is 2. The minimum atomic E-state index is -1.34. The van der Waals surface area contributed by atoms with Crippen LogP contribution in [-0.2, 0) is 0 Å². The summed E-state index contributed by atoms with van der Waals surface area (Å²) in [4.78, 5) is 11.4. The molecule has 0 atom stereocenters. The maximum absolute atomic E-state index is 13.5. The van der Waals surface area contributed by atoms with Crippen molar-refractivity contribution in [3.8, 4) is 16.9 Å². The summed E-state index contributed by atoms with van der Waals surface area (Å²) in [7, 11) is 0. The average Bonchev–Trinajstić information content (AvgIpc) is 2.91. The Hall–Kier alpha value is -2.61. The van der Waals surface area contributed by atoms with E-state index in [1.807, 2.05) is 0 Å². The molecule has 116 valence electrons. The Morgan fingerprint density at radius 3 is 2.43 bits per heavy atom. The summed E-state index contributed by atoms with van der Waals surface area (Å²) in [5.41, 5.74) is 0.132. The van der Waals surface area contributed by atoms with E-state index >= 15 is 0 Å². The van der Waals surface area contributed by atoms with Gasteiger partial charge in [-0.25, -0.2) is 18.3 Å². The zero-order chi connectivity index (χ0) is 16.6. The monoisotopic (exact) mass is 379 g/mol. The second kappa shape index (κ2) is 5.88. The molecule has 23 heavy (non-hydrogen) atoms. The fourth-order valence-corrected chi connectivity index (χ4v) is 2.55. The Morgan fingerprint density at radius 2 is 1.83 bits per heavy atom. The topological polar surface area (TPSA) is 68.0 Å². The SMILES string of the molecule is O=C(O)c1nnn(-c2cccc(Br)c2)c1-c1cc(F)cc(F)c1. The summed E-state index contributed by atoms with van der Waals surface area (Å²) >= 11 is 3.30.